The summed E-state index contributed by atoms with van der Waals surface area (Å²) in [4.78, 5) is 12.3. The lowest BCUT2D eigenvalue weighted by atomic mass is 10.1. The molecule has 0 spiro atoms. The smallest absolute Gasteiger partial charge is 0.342 e. The highest BCUT2D eigenvalue weighted by molar-refractivity contribution is 7.88. The molecule has 0 fully saturated rings. The van der Waals surface area contributed by atoms with Crippen molar-refractivity contribution in [2.24, 2.45) is 0 Å². The second kappa shape index (κ2) is 10.8. The number of esters is 1. The number of methoxy groups -OCH3 is 1. The SMILES string of the molecule is CCC(COC)OC(=O)c1ccc(NS(=O)c2cc(-c3ccccc3)c(Cl)s2)cc1O. The lowest BCUT2D eigenvalue weighted by Gasteiger charge is -2.16. The molecular formula is C22H22ClNO5S2. The Labute approximate surface area is 192 Å². The lowest BCUT2D eigenvalue weighted by molar-refractivity contribution is 0.00451. The minimum absolute atomic E-state index is 0.0245. The van der Waals surface area contributed by atoms with Crippen molar-refractivity contribution in [3.05, 3.63) is 64.5 Å². The van der Waals surface area contributed by atoms with Crippen molar-refractivity contribution < 1.29 is 23.6 Å². The van der Waals surface area contributed by atoms with Gasteiger partial charge < -0.3 is 19.3 Å². The Balaban J connectivity index is 1.71. The van der Waals surface area contributed by atoms with Crippen LogP contribution < -0.4 is 4.72 Å². The van der Waals surface area contributed by atoms with Crippen LogP contribution in [0.4, 0.5) is 5.69 Å². The number of carbonyl (C=O) groups excluding carboxylic acids is 1. The summed E-state index contributed by atoms with van der Waals surface area (Å²) in [6, 6.07) is 15.7. The Morgan fingerprint density at radius 1 is 1.23 bits per heavy atom. The maximum absolute atomic E-state index is 12.8. The first-order valence-electron chi connectivity index (χ1n) is 9.49. The average Bonchev–Trinajstić information content (AvgIpc) is 3.15. The second-order valence-corrected chi connectivity index (χ2v) is 9.71. The van der Waals surface area contributed by atoms with Crippen LogP contribution in [0.5, 0.6) is 5.75 Å². The first-order valence-corrected chi connectivity index (χ1v) is 11.8. The molecule has 0 saturated carbocycles. The van der Waals surface area contributed by atoms with E-state index in [4.69, 9.17) is 21.1 Å². The summed E-state index contributed by atoms with van der Waals surface area (Å²) in [5.41, 5.74) is 2.16. The molecule has 164 valence electrons. The van der Waals surface area contributed by atoms with Gasteiger partial charge in [-0.15, -0.1) is 11.3 Å². The topological polar surface area (TPSA) is 84.9 Å². The number of thiophene rings is 1. The fourth-order valence-corrected chi connectivity index (χ4v) is 5.35. The zero-order valence-electron chi connectivity index (χ0n) is 17.0. The third kappa shape index (κ3) is 5.86. The van der Waals surface area contributed by atoms with Crippen LogP contribution >= 0.6 is 22.9 Å². The van der Waals surface area contributed by atoms with Gasteiger partial charge >= 0.3 is 5.97 Å². The number of anilines is 1. The third-order valence-electron chi connectivity index (χ3n) is 4.44. The number of rotatable bonds is 9. The molecule has 3 rings (SSSR count). The maximum Gasteiger partial charge on any atom is 0.342 e. The van der Waals surface area contributed by atoms with E-state index in [0.29, 0.717) is 20.7 Å². The van der Waals surface area contributed by atoms with E-state index >= 15 is 0 Å². The van der Waals surface area contributed by atoms with Crippen molar-refractivity contribution in [1.82, 2.24) is 0 Å². The zero-order chi connectivity index (χ0) is 22.4. The van der Waals surface area contributed by atoms with Gasteiger partial charge in [0.2, 0.25) is 0 Å². The molecule has 1 heterocycles. The molecule has 0 saturated heterocycles. The van der Waals surface area contributed by atoms with E-state index in [-0.39, 0.29) is 17.9 Å². The minimum atomic E-state index is -1.60. The molecule has 1 aromatic heterocycles. The molecule has 0 radical (unpaired) electrons. The van der Waals surface area contributed by atoms with E-state index < -0.39 is 23.1 Å². The average molecular weight is 480 g/mol. The van der Waals surface area contributed by atoms with Crippen molar-refractivity contribution in [2.75, 3.05) is 18.4 Å². The third-order valence-corrected chi connectivity index (χ3v) is 7.20. The van der Waals surface area contributed by atoms with Gasteiger partial charge in [-0.2, -0.15) is 0 Å². The zero-order valence-corrected chi connectivity index (χ0v) is 19.4. The largest absolute Gasteiger partial charge is 0.507 e. The summed E-state index contributed by atoms with van der Waals surface area (Å²) < 4.78 is 27.0. The number of nitrogens with one attached hydrogen (secondary N) is 1. The van der Waals surface area contributed by atoms with Gasteiger partial charge in [0.25, 0.3) is 0 Å². The van der Waals surface area contributed by atoms with Gasteiger partial charge in [0.1, 0.15) is 26.0 Å². The fraction of sp³-hybridized carbons (Fsp3) is 0.227. The number of phenols is 1. The minimum Gasteiger partial charge on any atom is -0.507 e. The molecule has 0 bridgehead atoms. The first-order chi connectivity index (χ1) is 14.9. The van der Waals surface area contributed by atoms with Gasteiger partial charge in [-0.3, -0.25) is 0 Å². The molecular weight excluding hydrogens is 458 g/mol. The van der Waals surface area contributed by atoms with E-state index in [1.807, 2.05) is 37.3 Å². The Hall–Kier alpha value is -2.39. The van der Waals surface area contributed by atoms with E-state index in [9.17, 15) is 14.1 Å². The molecule has 31 heavy (non-hydrogen) atoms. The molecule has 2 aromatic carbocycles. The lowest BCUT2D eigenvalue weighted by Crippen LogP contribution is -2.22. The number of carbonyl (C=O) groups is 1. The Kier molecular flexibility index (Phi) is 8.09. The van der Waals surface area contributed by atoms with Crippen LogP contribution in [0.25, 0.3) is 11.1 Å². The molecule has 2 unspecified atom stereocenters. The van der Waals surface area contributed by atoms with Crippen LogP contribution in [-0.2, 0) is 20.5 Å². The molecule has 3 aromatic rings. The number of benzene rings is 2. The second-order valence-electron chi connectivity index (χ2n) is 6.61. The summed E-state index contributed by atoms with van der Waals surface area (Å²) in [5.74, 6) is -0.917. The number of hydrogen-bond donors (Lipinski definition) is 2. The molecule has 2 N–H and O–H groups in total. The number of aromatic hydroxyl groups is 1. The van der Waals surface area contributed by atoms with Gasteiger partial charge in [-0.1, -0.05) is 48.9 Å². The highest BCUT2D eigenvalue weighted by Gasteiger charge is 2.19. The van der Waals surface area contributed by atoms with E-state index in [0.717, 1.165) is 11.1 Å². The summed E-state index contributed by atoms with van der Waals surface area (Å²) in [6.07, 6.45) is 0.192. The van der Waals surface area contributed by atoms with Crippen LogP contribution in [0.2, 0.25) is 4.34 Å². The predicted molar refractivity (Wildman–Crippen MR) is 124 cm³/mol. The van der Waals surface area contributed by atoms with E-state index in [2.05, 4.69) is 4.72 Å². The number of hydrogen-bond acceptors (Lipinski definition) is 6. The highest BCUT2D eigenvalue weighted by Crippen LogP contribution is 2.37. The molecule has 0 aliphatic heterocycles. The molecule has 6 nitrogen and oxygen atoms in total. The van der Waals surface area contributed by atoms with Crippen molar-refractivity contribution in [1.29, 1.82) is 0 Å². The number of ether oxygens (including phenoxy) is 2. The first kappa shape index (κ1) is 23.3. The van der Waals surface area contributed by atoms with E-state index in [1.54, 1.807) is 12.1 Å². The van der Waals surface area contributed by atoms with Gasteiger partial charge in [-0.25, -0.2) is 9.00 Å². The number of halogens is 1. The van der Waals surface area contributed by atoms with Gasteiger partial charge in [0.15, 0.2) is 11.0 Å². The summed E-state index contributed by atoms with van der Waals surface area (Å²) in [5, 5.41) is 10.3. The highest BCUT2D eigenvalue weighted by atomic mass is 35.5. The fourth-order valence-electron chi connectivity index (χ4n) is 2.81. The van der Waals surface area contributed by atoms with Crippen molar-refractivity contribution in [3.63, 3.8) is 0 Å². The number of phenolic OH excluding ortho intramolecular Hbond substituents is 1. The normalized spacial score (nSPS) is 12.9. The molecule has 0 amide bonds. The summed E-state index contributed by atoms with van der Waals surface area (Å²) in [6.45, 7) is 2.15. The molecule has 0 aliphatic carbocycles. The van der Waals surface area contributed by atoms with Crippen LogP contribution in [0, 0.1) is 0 Å². The molecule has 0 aliphatic rings. The maximum atomic E-state index is 12.8. The van der Waals surface area contributed by atoms with Crippen LogP contribution in [0.3, 0.4) is 0 Å². The molecule has 9 heteroatoms. The summed E-state index contributed by atoms with van der Waals surface area (Å²) >= 11 is 7.56. The Morgan fingerprint density at radius 3 is 2.61 bits per heavy atom. The van der Waals surface area contributed by atoms with Gasteiger partial charge in [0, 0.05) is 18.7 Å². The van der Waals surface area contributed by atoms with Gasteiger partial charge in [-0.05, 0) is 30.2 Å². The monoisotopic (exact) mass is 479 g/mol. The van der Waals surface area contributed by atoms with Crippen LogP contribution in [0.15, 0.2) is 58.8 Å². The van der Waals surface area contributed by atoms with Gasteiger partial charge in [0.05, 0.1) is 12.3 Å². The predicted octanol–water partition coefficient (Wildman–Crippen LogP) is 5.49. The van der Waals surface area contributed by atoms with Crippen molar-refractivity contribution in [2.45, 2.75) is 23.7 Å². The quantitative estimate of drug-likeness (QED) is 0.396. The van der Waals surface area contributed by atoms with E-state index in [1.165, 1.54) is 30.6 Å². The van der Waals surface area contributed by atoms with Crippen LogP contribution in [0.1, 0.15) is 23.7 Å². The Bertz CT molecular complexity index is 1070. The van der Waals surface area contributed by atoms with Crippen molar-refractivity contribution in [3.8, 4) is 16.9 Å². The standard InChI is InChI=1S/C22H22ClNO5S2/c1-3-16(13-28-2)29-22(26)17-10-9-15(11-19(17)25)24-31(27)20-12-18(21(23)30-20)14-7-5-4-6-8-14/h4-12,16,24-25H,3,13H2,1-2H3. The molecule has 2 atom stereocenters. The van der Waals surface area contributed by atoms with Crippen LogP contribution in [-0.4, -0.2) is 35.1 Å². The Morgan fingerprint density at radius 2 is 1.97 bits per heavy atom. The summed E-state index contributed by atoms with van der Waals surface area (Å²) in [7, 11) is -0.0702. The van der Waals surface area contributed by atoms with Crippen molar-refractivity contribution >= 4 is 45.6 Å².